The van der Waals surface area contributed by atoms with Crippen LogP contribution in [-0.2, 0) is 11.3 Å². The van der Waals surface area contributed by atoms with Gasteiger partial charge in [0, 0.05) is 38.2 Å². The highest BCUT2D eigenvalue weighted by Gasteiger charge is 2.22. The van der Waals surface area contributed by atoms with Crippen LogP contribution in [0.5, 0.6) is 5.75 Å². The van der Waals surface area contributed by atoms with Gasteiger partial charge in [0.25, 0.3) is 0 Å². The Morgan fingerprint density at radius 1 is 1.21 bits per heavy atom. The van der Waals surface area contributed by atoms with E-state index in [1.54, 1.807) is 7.05 Å². The molecule has 0 bridgehead atoms. The quantitative estimate of drug-likeness (QED) is 0.292. The fourth-order valence-electron chi connectivity index (χ4n) is 2.86. The predicted octanol–water partition coefficient (Wildman–Crippen LogP) is 3.29. The van der Waals surface area contributed by atoms with Gasteiger partial charge >= 0.3 is 0 Å². The van der Waals surface area contributed by atoms with Gasteiger partial charge < -0.3 is 20.7 Å². The first-order valence-corrected chi connectivity index (χ1v) is 10.6. The predicted molar refractivity (Wildman–Crippen MR) is 115 cm³/mol. The van der Waals surface area contributed by atoms with E-state index >= 15 is 0 Å². The van der Waals surface area contributed by atoms with Crippen LogP contribution >= 0.6 is 0 Å². The summed E-state index contributed by atoms with van der Waals surface area (Å²) in [4.78, 5) is 16.0. The Morgan fingerprint density at radius 3 is 2.75 bits per heavy atom. The lowest BCUT2D eigenvalue weighted by molar-refractivity contribution is -0.121. The summed E-state index contributed by atoms with van der Waals surface area (Å²) >= 11 is 0. The number of benzene rings is 1. The number of hydrogen-bond donors (Lipinski definition) is 3. The maximum atomic E-state index is 11.7. The summed E-state index contributed by atoms with van der Waals surface area (Å²) in [7, 11) is 1.76. The molecule has 6 heteroatoms. The van der Waals surface area contributed by atoms with Gasteiger partial charge in [-0.1, -0.05) is 31.9 Å². The van der Waals surface area contributed by atoms with Crippen molar-refractivity contribution in [2.45, 2.75) is 71.4 Å². The summed E-state index contributed by atoms with van der Waals surface area (Å²) in [5, 5.41) is 9.62. The first kappa shape index (κ1) is 22.1. The molecule has 1 aliphatic rings. The number of nitrogens with one attached hydrogen (secondary N) is 3. The zero-order valence-corrected chi connectivity index (χ0v) is 17.6. The van der Waals surface area contributed by atoms with Crippen LogP contribution in [0.25, 0.3) is 0 Å². The van der Waals surface area contributed by atoms with Crippen molar-refractivity contribution in [2.24, 2.45) is 4.99 Å². The van der Waals surface area contributed by atoms with Crippen LogP contribution < -0.4 is 20.7 Å². The summed E-state index contributed by atoms with van der Waals surface area (Å²) < 4.78 is 6.00. The molecule has 156 valence electrons. The molecule has 1 amide bonds. The molecule has 1 aromatic carbocycles. The molecular formula is C22H36N4O2. The summed E-state index contributed by atoms with van der Waals surface area (Å²) in [6.45, 7) is 6.38. The number of unbranched alkanes of at least 4 members (excludes halogenated alkanes) is 2. The van der Waals surface area contributed by atoms with E-state index in [1.807, 2.05) is 0 Å². The van der Waals surface area contributed by atoms with E-state index in [1.165, 1.54) is 18.4 Å². The van der Waals surface area contributed by atoms with Crippen LogP contribution in [0.2, 0.25) is 0 Å². The molecule has 28 heavy (non-hydrogen) atoms. The highest BCUT2D eigenvalue weighted by molar-refractivity contribution is 5.80. The molecule has 1 saturated carbocycles. The van der Waals surface area contributed by atoms with E-state index in [-0.39, 0.29) is 5.91 Å². The number of carbonyl (C=O) groups is 1. The number of aryl methyl sites for hydroxylation is 1. The van der Waals surface area contributed by atoms with Gasteiger partial charge in [0.15, 0.2) is 5.96 Å². The monoisotopic (exact) mass is 388 g/mol. The number of ether oxygens (including phenoxy) is 1. The van der Waals surface area contributed by atoms with Gasteiger partial charge in [-0.3, -0.25) is 9.79 Å². The Bertz CT molecular complexity index is 641. The van der Waals surface area contributed by atoms with E-state index in [0.717, 1.165) is 49.6 Å². The van der Waals surface area contributed by atoms with E-state index in [4.69, 9.17) is 4.74 Å². The van der Waals surface area contributed by atoms with E-state index in [2.05, 4.69) is 53.0 Å². The van der Waals surface area contributed by atoms with Gasteiger partial charge in [0.1, 0.15) is 5.75 Å². The lowest BCUT2D eigenvalue weighted by atomic mass is 10.1. The summed E-state index contributed by atoms with van der Waals surface area (Å²) in [5.41, 5.74) is 2.31. The van der Waals surface area contributed by atoms with Gasteiger partial charge in [0.2, 0.25) is 5.91 Å². The molecule has 0 atom stereocenters. The number of carbonyl (C=O) groups excluding carboxylic acids is 1. The molecule has 0 radical (unpaired) electrons. The molecule has 1 aliphatic carbocycles. The van der Waals surface area contributed by atoms with Crippen molar-refractivity contribution >= 4 is 11.9 Å². The van der Waals surface area contributed by atoms with E-state index in [0.29, 0.717) is 25.6 Å². The van der Waals surface area contributed by atoms with Crippen LogP contribution in [0.4, 0.5) is 0 Å². The van der Waals surface area contributed by atoms with Gasteiger partial charge in [-0.25, -0.2) is 0 Å². The number of rotatable bonds is 12. The van der Waals surface area contributed by atoms with Crippen molar-refractivity contribution in [1.82, 2.24) is 16.0 Å². The summed E-state index contributed by atoms with van der Waals surface area (Å²) in [6.07, 6.45) is 7.05. The lowest BCUT2D eigenvalue weighted by Gasteiger charge is -2.15. The maximum absolute atomic E-state index is 11.7. The highest BCUT2D eigenvalue weighted by atomic mass is 16.5. The van der Waals surface area contributed by atoms with Crippen molar-refractivity contribution in [3.63, 3.8) is 0 Å². The minimum Gasteiger partial charge on any atom is -0.493 e. The molecule has 0 aromatic heterocycles. The number of aliphatic imine (C=N–C) groups is 1. The minimum atomic E-state index is 0.150. The normalized spacial score (nSPS) is 13.9. The van der Waals surface area contributed by atoms with Crippen LogP contribution in [0.15, 0.2) is 23.2 Å². The lowest BCUT2D eigenvalue weighted by Crippen LogP contribution is -2.37. The minimum absolute atomic E-state index is 0.150. The SMILES string of the molecule is CCCCCOc1cc(C)ccc1CNC(=NC)NCCCC(=O)NC1CC1. The zero-order chi connectivity index (χ0) is 20.2. The first-order valence-electron chi connectivity index (χ1n) is 10.6. The standard InChI is InChI=1S/C22H36N4O2/c1-4-5-6-14-28-20-15-17(2)9-10-18(20)16-25-22(23-3)24-13-7-8-21(27)26-19-11-12-19/h9-10,15,19H,4-8,11-14,16H2,1-3H3,(H,26,27)(H2,23,24,25). The van der Waals surface area contributed by atoms with Gasteiger partial charge in [0.05, 0.1) is 6.61 Å². The Kier molecular flexibility index (Phi) is 9.66. The number of guanidine groups is 1. The van der Waals surface area contributed by atoms with E-state index < -0.39 is 0 Å². The average Bonchev–Trinajstić information content (AvgIpc) is 3.49. The Labute approximate surface area is 169 Å². The molecule has 1 aromatic rings. The number of amides is 1. The zero-order valence-electron chi connectivity index (χ0n) is 17.6. The molecule has 1 fully saturated rings. The Morgan fingerprint density at radius 2 is 2.04 bits per heavy atom. The summed E-state index contributed by atoms with van der Waals surface area (Å²) in [5.74, 6) is 1.83. The molecule has 0 unspecified atom stereocenters. The molecule has 2 rings (SSSR count). The number of hydrogen-bond acceptors (Lipinski definition) is 3. The molecule has 0 aliphatic heterocycles. The second-order valence-corrected chi connectivity index (χ2v) is 7.46. The topological polar surface area (TPSA) is 74.8 Å². The molecular weight excluding hydrogens is 352 g/mol. The summed E-state index contributed by atoms with van der Waals surface area (Å²) in [6, 6.07) is 6.73. The van der Waals surface area contributed by atoms with Gasteiger partial charge in [-0.15, -0.1) is 0 Å². The number of nitrogens with zero attached hydrogens (tertiary/aromatic N) is 1. The molecule has 0 spiro atoms. The Balaban J connectivity index is 1.73. The van der Waals surface area contributed by atoms with Crippen molar-refractivity contribution in [1.29, 1.82) is 0 Å². The van der Waals surface area contributed by atoms with E-state index in [9.17, 15) is 4.79 Å². The molecule has 0 saturated heterocycles. The van der Waals surface area contributed by atoms with Crippen LogP contribution in [0.1, 0.15) is 63.0 Å². The van der Waals surface area contributed by atoms with Crippen molar-refractivity contribution in [3.05, 3.63) is 29.3 Å². The third-order valence-electron chi connectivity index (χ3n) is 4.71. The fraction of sp³-hybridized carbons (Fsp3) is 0.636. The second kappa shape index (κ2) is 12.3. The van der Waals surface area contributed by atoms with Crippen molar-refractivity contribution < 1.29 is 9.53 Å². The van der Waals surface area contributed by atoms with Crippen LogP contribution in [0.3, 0.4) is 0 Å². The molecule has 3 N–H and O–H groups in total. The smallest absolute Gasteiger partial charge is 0.220 e. The molecule has 0 heterocycles. The first-order chi connectivity index (χ1) is 13.6. The van der Waals surface area contributed by atoms with Gasteiger partial charge in [-0.05, 0) is 44.2 Å². The third kappa shape index (κ3) is 8.63. The van der Waals surface area contributed by atoms with Crippen LogP contribution in [-0.4, -0.2) is 38.1 Å². The second-order valence-electron chi connectivity index (χ2n) is 7.46. The largest absolute Gasteiger partial charge is 0.493 e. The Hall–Kier alpha value is -2.24. The maximum Gasteiger partial charge on any atom is 0.220 e. The van der Waals surface area contributed by atoms with Crippen LogP contribution in [0, 0.1) is 6.92 Å². The van der Waals surface area contributed by atoms with Crippen molar-refractivity contribution in [3.8, 4) is 5.75 Å². The fourth-order valence-corrected chi connectivity index (χ4v) is 2.86. The van der Waals surface area contributed by atoms with Gasteiger partial charge in [-0.2, -0.15) is 0 Å². The molecule has 6 nitrogen and oxygen atoms in total. The highest BCUT2D eigenvalue weighted by Crippen LogP contribution is 2.21. The third-order valence-corrected chi connectivity index (χ3v) is 4.71. The average molecular weight is 389 g/mol. The van der Waals surface area contributed by atoms with Crippen molar-refractivity contribution in [2.75, 3.05) is 20.2 Å².